The molecular weight excluding hydrogens is 406 g/mol. The molecule has 3 aromatic carbocycles. The van der Waals surface area contributed by atoms with Crippen LogP contribution in [0.3, 0.4) is 0 Å². The highest BCUT2D eigenvalue weighted by atomic mass is 16.5. The molecule has 1 saturated heterocycles. The van der Waals surface area contributed by atoms with Crippen LogP contribution in [0.2, 0.25) is 0 Å². The van der Waals surface area contributed by atoms with Gasteiger partial charge >= 0.3 is 0 Å². The first kappa shape index (κ1) is 23.4. The third-order valence-corrected chi connectivity index (χ3v) is 6.66. The van der Waals surface area contributed by atoms with E-state index in [1.54, 1.807) is 0 Å². The lowest BCUT2D eigenvalue weighted by Gasteiger charge is -2.39. The summed E-state index contributed by atoms with van der Waals surface area (Å²) in [6, 6.07) is 29.3. The summed E-state index contributed by atoms with van der Waals surface area (Å²) in [4.78, 5) is 2.64. The molecule has 174 valence electrons. The molecule has 0 saturated carbocycles. The third-order valence-electron chi connectivity index (χ3n) is 6.66. The van der Waals surface area contributed by atoms with Crippen molar-refractivity contribution in [1.82, 2.24) is 4.90 Å². The van der Waals surface area contributed by atoms with Crippen LogP contribution in [0.1, 0.15) is 49.7 Å². The van der Waals surface area contributed by atoms with Gasteiger partial charge < -0.3 is 14.4 Å². The summed E-state index contributed by atoms with van der Waals surface area (Å²) in [5.41, 5.74) is 2.62. The molecule has 3 nitrogen and oxygen atoms in total. The maximum atomic E-state index is 6.31. The standard InChI is InChI=1S/C30H37NO2/c1-2-3-10-20-31-21-19-30(26-13-8-5-9-14-26)27(22-31)24-33-29-17-15-28(16-18-29)32-23-25-11-6-4-7-12-25/h4-9,11-18,27,30H,2-3,10,19-24H2,1H3. The van der Waals surface area contributed by atoms with Gasteiger partial charge in [-0.1, -0.05) is 80.4 Å². The van der Waals surface area contributed by atoms with E-state index in [1.807, 2.05) is 42.5 Å². The van der Waals surface area contributed by atoms with Crippen LogP contribution in [-0.4, -0.2) is 31.1 Å². The Morgan fingerprint density at radius 2 is 1.45 bits per heavy atom. The van der Waals surface area contributed by atoms with Crippen molar-refractivity contribution >= 4 is 0 Å². The number of nitrogens with zero attached hydrogens (tertiary/aromatic N) is 1. The van der Waals surface area contributed by atoms with E-state index in [1.165, 1.54) is 49.9 Å². The number of piperidine rings is 1. The molecule has 1 heterocycles. The Morgan fingerprint density at radius 3 is 2.15 bits per heavy atom. The molecule has 1 aliphatic heterocycles. The number of hydrogen-bond acceptors (Lipinski definition) is 3. The summed E-state index contributed by atoms with van der Waals surface area (Å²) < 4.78 is 12.2. The van der Waals surface area contributed by atoms with Crippen LogP contribution in [0.5, 0.6) is 11.5 Å². The summed E-state index contributed by atoms with van der Waals surface area (Å²) in [5.74, 6) is 2.84. The van der Waals surface area contributed by atoms with Gasteiger partial charge in [-0.3, -0.25) is 0 Å². The fraction of sp³-hybridized carbons (Fsp3) is 0.400. The number of unbranched alkanes of at least 4 members (excludes halogenated alkanes) is 2. The highest BCUT2D eigenvalue weighted by Gasteiger charge is 2.30. The summed E-state index contributed by atoms with van der Waals surface area (Å²) in [6.45, 7) is 7.11. The molecule has 0 aliphatic carbocycles. The molecule has 0 spiro atoms. The van der Waals surface area contributed by atoms with E-state index in [-0.39, 0.29) is 0 Å². The Hall–Kier alpha value is -2.78. The average Bonchev–Trinajstić information content (AvgIpc) is 2.88. The normalized spacial score (nSPS) is 18.7. The Balaban J connectivity index is 1.34. The zero-order chi connectivity index (χ0) is 22.7. The minimum Gasteiger partial charge on any atom is -0.493 e. The molecule has 3 aromatic rings. The van der Waals surface area contributed by atoms with Crippen LogP contribution in [0.15, 0.2) is 84.9 Å². The molecule has 3 heteroatoms. The van der Waals surface area contributed by atoms with Crippen molar-refractivity contribution in [3.63, 3.8) is 0 Å². The van der Waals surface area contributed by atoms with Gasteiger partial charge in [-0.05, 0) is 67.2 Å². The topological polar surface area (TPSA) is 21.7 Å². The Bertz CT molecular complexity index is 927. The second-order valence-electron chi connectivity index (χ2n) is 9.13. The summed E-state index contributed by atoms with van der Waals surface area (Å²) in [7, 11) is 0. The number of hydrogen-bond donors (Lipinski definition) is 0. The lowest BCUT2D eigenvalue weighted by molar-refractivity contribution is 0.109. The van der Waals surface area contributed by atoms with E-state index in [2.05, 4.69) is 54.3 Å². The molecule has 2 atom stereocenters. The number of likely N-dealkylation sites (tertiary alicyclic amines) is 1. The summed E-state index contributed by atoms with van der Waals surface area (Å²) >= 11 is 0. The maximum Gasteiger partial charge on any atom is 0.120 e. The van der Waals surface area contributed by atoms with Crippen LogP contribution >= 0.6 is 0 Å². The van der Waals surface area contributed by atoms with Crippen molar-refractivity contribution in [1.29, 1.82) is 0 Å². The molecule has 0 aromatic heterocycles. The van der Waals surface area contributed by atoms with Crippen molar-refractivity contribution in [2.45, 2.75) is 45.1 Å². The molecule has 4 rings (SSSR count). The van der Waals surface area contributed by atoms with Gasteiger partial charge in [0.2, 0.25) is 0 Å². The van der Waals surface area contributed by atoms with Gasteiger partial charge in [0, 0.05) is 12.5 Å². The predicted molar refractivity (Wildman–Crippen MR) is 136 cm³/mol. The molecular formula is C30H37NO2. The zero-order valence-electron chi connectivity index (χ0n) is 19.9. The lowest BCUT2D eigenvalue weighted by Crippen LogP contribution is -2.42. The first-order chi connectivity index (χ1) is 16.3. The molecule has 33 heavy (non-hydrogen) atoms. The highest BCUT2D eigenvalue weighted by Crippen LogP contribution is 2.34. The van der Waals surface area contributed by atoms with Crippen molar-refractivity contribution in [2.24, 2.45) is 5.92 Å². The fourth-order valence-corrected chi connectivity index (χ4v) is 4.78. The van der Waals surface area contributed by atoms with Crippen molar-refractivity contribution in [2.75, 3.05) is 26.2 Å². The quantitative estimate of drug-likeness (QED) is 0.300. The molecule has 0 bridgehead atoms. The smallest absolute Gasteiger partial charge is 0.120 e. The van der Waals surface area contributed by atoms with Crippen LogP contribution in [0, 0.1) is 5.92 Å². The molecule has 1 aliphatic rings. The van der Waals surface area contributed by atoms with Gasteiger partial charge in [0.1, 0.15) is 18.1 Å². The van der Waals surface area contributed by atoms with E-state index in [4.69, 9.17) is 9.47 Å². The van der Waals surface area contributed by atoms with Crippen LogP contribution in [0.4, 0.5) is 0 Å². The van der Waals surface area contributed by atoms with Gasteiger partial charge in [0.25, 0.3) is 0 Å². The fourth-order valence-electron chi connectivity index (χ4n) is 4.78. The van der Waals surface area contributed by atoms with Crippen molar-refractivity contribution in [3.8, 4) is 11.5 Å². The Morgan fingerprint density at radius 1 is 0.788 bits per heavy atom. The minimum atomic E-state index is 0.497. The minimum absolute atomic E-state index is 0.497. The van der Waals surface area contributed by atoms with E-state index in [0.717, 1.165) is 24.7 Å². The molecule has 1 fully saturated rings. The van der Waals surface area contributed by atoms with Crippen molar-refractivity contribution < 1.29 is 9.47 Å². The Labute approximate surface area is 199 Å². The van der Waals surface area contributed by atoms with E-state index >= 15 is 0 Å². The van der Waals surface area contributed by atoms with E-state index in [9.17, 15) is 0 Å². The van der Waals surface area contributed by atoms with E-state index < -0.39 is 0 Å². The first-order valence-corrected chi connectivity index (χ1v) is 12.5. The summed E-state index contributed by atoms with van der Waals surface area (Å²) in [5, 5.41) is 0. The molecule has 0 N–H and O–H groups in total. The second kappa shape index (κ2) is 12.5. The predicted octanol–water partition coefficient (Wildman–Crippen LogP) is 6.94. The van der Waals surface area contributed by atoms with Gasteiger partial charge in [-0.2, -0.15) is 0 Å². The van der Waals surface area contributed by atoms with Crippen LogP contribution in [-0.2, 0) is 6.61 Å². The number of rotatable bonds is 11. The van der Waals surface area contributed by atoms with Crippen LogP contribution in [0.25, 0.3) is 0 Å². The largest absolute Gasteiger partial charge is 0.493 e. The SMILES string of the molecule is CCCCCN1CCC(c2ccccc2)C(COc2ccc(OCc3ccccc3)cc2)C1. The molecule has 2 unspecified atom stereocenters. The maximum absolute atomic E-state index is 6.31. The highest BCUT2D eigenvalue weighted by molar-refractivity contribution is 5.31. The van der Waals surface area contributed by atoms with Gasteiger partial charge in [0.05, 0.1) is 6.61 Å². The van der Waals surface area contributed by atoms with Gasteiger partial charge in [-0.25, -0.2) is 0 Å². The molecule has 0 amide bonds. The summed E-state index contributed by atoms with van der Waals surface area (Å²) in [6.07, 6.45) is 5.09. The van der Waals surface area contributed by atoms with Crippen LogP contribution < -0.4 is 9.47 Å². The Kier molecular flexibility index (Phi) is 8.83. The zero-order valence-corrected chi connectivity index (χ0v) is 19.9. The van der Waals surface area contributed by atoms with Gasteiger partial charge in [-0.15, -0.1) is 0 Å². The third kappa shape index (κ3) is 7.10. The first-order valence-electron chi connectivity index (χ1n) is 12.5. The number of benzene rings is 3. The second-order valence-corrected chi connectivity index (χ2v) is 9.13. The lowest BCUT2D eigenvalue weighted by atomic mass is 9.81. The van der Waals surface area contributed by atoms with E-state index in [0.29, 0.717) is 18.4 Å². The van der Waals surface area contributed by atoms with Crippen molar-refractivity contribution in [3.05, 3.63) is 96.1 Å². The average molecular weight is 444 g/mol. The molecule has 0 radical (unpaired) electrons. The van der Waals surface area contributed by atoms with Gasteiger partial charge in [0.15, 0.2) is 0 Å². The monoisotopic (exact) mass is 443 g/mol. The number of ether oxygens (including phenoxy) is 2.